The van der Waals surface area contributed by atoms with Gasteiger partial charge in [0, 0.05) is 17.4 Å². The number of aliphatic hydroxyl groups excluding tert-OH is 1. The summed E-state index contributed by atoms with van der Waals surface area (Å²) in [5.74, 6) is -0.183. The van der Waals surface area contributed by atoms with Crippen LogP contribution in [-0.2, 0) is 9.59 Å². The maximum atomic E-state index is 11.3. The average Bonchev–Trinajstić information content (AvgIpc) is 2.50. The Bertz CT molecular complexity index is 333. The van der Waals surface area contributed by atoms with Gasteiger partial charge in [0.15, 0.2) is 5.78 Å². The molecule has 16 heavy (non-hydrogen) atoms. The molecule has 0 aromatic heterocycles. The first-order chi connectivity index (χ1) is 7.59. The molecular formula is C11H14O4S. The summed E-state index contributed by atoms with van der Waals surface area (Å²) in [7, 11) is 0. The number of carboxylic acid groups (broad SMARTS) is 1. The Morgan fingerprint density at radius 1 is 1.62 bits per heavy atom. The molecule has 0 radical (unpaired) electrons. The van der Waals surface area contributed by atoms with E-state index in [1.807, 2.05) is 0 Å². The molecule has 0 heterocycles. The van der Waals surface area contributed by atoms with Gasteiger partial charge in [-0.2, -0.15) is 0 Å². The quantitative estimate of drug-likeness (QED) is 0.543. The number of ketones is 1. The second-order valence-electron chi connectivity index (χ2n) is 3.46. The van der Waals surface area contributed by atoms with Crippen molar-refractivity contribution in [2.24, 2.45) is 0 Å². The summed E-state index contributed by atoms with van der Waals surface area (Å²) in [6.45, 7) is 0. The predicted octanol–water partition coefficient (Wildman–Crippen LogP) is 1.36. The standard InChI is InChI=1S/C11H14O4S/c12-8-6-9(13)10(7-8)16-5-3-1-2-4-11(14)15/h2,4,7-8,12H,1,3,5-6H2,(H,14,15)/b4-2+. The van der Waals surface area contributed by atoms with Crippen LogP contribution in [-0.4, -0.2) is 33.8 Å². The number of aliphatic carboxylic acids is 1. The minimum atomic E-state index is -0.940. The zero-order chi connectivity index (χ0) is 12.0. The van der Waals surface area contributed by atoms with E-state index in [0.717, 1.165) is 18.2 Å². The topological polar surface area (TPSA) is 74.6 Å². The van der Waals surface area contributed by atoms with Crippen molar-refractivity contribution in [2.45, 2.75) is 25.4 Å². The number of hydrogen-bond acceptors (Lipinski definition) is 4. The van der Waals surface area contributed by atoms with Crippen LogP contribution in [0.1, 0.15) is 19.3 Å². The Balaban J connectivity index is 2.14. The predicted molar refractivity (Wildman–Crippen MR) is 62.2 cm³/mol. The smallest absolute Gasteiger partial charge is 0.327 e. The first-order valence-electron chi connectivity index (χ1n) is 5.05. The van der Waals surface area contributed by atoms with Crippen LogP contribution < -0.4 is 0 Å². The minimum absolute atomic E-state index is 0.00132. The zero-order valence-corrected chi connectivity index (χ0v) is 9.57. The summed E-state index contributed by atoms with van der Waals surface area (Å²) >= 11 is 1.42. The van der Waals surface area contributed by atoms with Crippen molar-refractivity contribution in [2.75, 3.05) is 5.75 Å². The van der Waals surface area contributed by atoms with Crippen LogP contribution in [0.5, 0.6) is 0 Å². The average molecular weight is 242 g/mol. The Morgan fingerprint density at radius 2 is 2.38 bits per heavy atom. The summed E-state index contributed by atoms with van der Waals surface area (Å²) in [5, 5.41) is 17.5. The molecule has 0 spiro atoms. The molecule has 5 heteroatoms. The number of hydrogen-bond donors (Lipinski definition) is 2. The molecule has 0 fully saturated rings. The van der Waals surface area contributed by atoms with Crippen molar-refractivity contribution in [3.05, 3.63) is 23.1 Å². The van der Waals surface area contributed by atoms with Crippen molar-refractivity contribution < 1.29 is 19.8 Å². The van der Waals surface area contributed by atoms with Gasteiger partial charge < -0.3 is 10.2 Å². The number of allylic oxidation sites excluding steroid dienone is 2. The molecule has 1 rings (SSSR count). The van der Waals surface area contributed by atoms with Gasteiger partial charge >= 0.3 is 5.97 Å². The lowest BCUT2D eigenvalue weighted by atomic mass is 10.3. The summed E-state index contributed by atoms with van der Waals surface area (Å²) in [6, 6.07) is 0. The molecule has 1 atom stereocenters. The van der Waals surface area contributed by atoms with E-state index in [9.17, 15) is 14.7 Å². The van der Waals surface area contributed by atoms with Crippen molar-refractivity contribution in [1.82, 2.24) is 0 Å². The first-order valence-corrected chi connectivity index (χ1v) is 6.03. The highest BCUT2D eigenvalue weighted by atomic mass is 32.2. The van der Waals surface area contributed by atoms with E-state index in [0.29, 0.717) is 11.3 Å². The Kier molecular flexibility index (Phi) is 5.28. The molecule has 88 valence electrons. The molecule has 0 aromatic rings. The lowest BCUT2D eigenvalue weighted by Crippen LogP contribution is -2.00. The number of carbonyl (C=O) groups excluding carboxylic acids is 1. The van der Waals surface area contributed by atoms with Crippen molar-refractivity contribution >= 4 is 23.5 Å². The van der Waals surface area contributed by atoms with Crippen LogP contribution in [0.3, 0.4) is 0 Å². The van der Waals surface area contributed by atoms with Gasteiger partial charge in [-0.1, -0.05) is 6.08 Å². The van der Waals surface area contributed by atoms with E-state index in [4.69, 9.17) is 5.11 Å². The molecule has 2 N–H and O–H groups in total. The zero-order valence-electron chi connectivity index (χ0n) is 8.76. The highest BCUT2D eigenvalue weighted by molar-refractivity contribution is 8.04. The third kappa shape index (κ3) is 4.63. The van der Waals surface area contributed by atoms with Gasteiger partial charge in [-0.3, -0.25) is 4.79 Å². The highest BCUT2D eigenvalue weighted by Gasteiger charge is 2.21. The van der Waals surface area contributed by atoms with Gasteiger partial charge in [0.05, 0.1) is 6.10 Å². The van der Waals surface area contributed by atoms with Crippen LogP contribution in [0.15, 0.2) is 23.1 Å². The van der Waals surface area contributed by atoms with E-state index >= 15 is 0 Å². The number of thioether (sulfide) groups is 1. The van der Waals surface area contributed by atoms with E-state index < -0.39 is 12.1 Å². The van der Waals surface area contributed by atoms with Crippen LogP contribution in [0, 0.1) is 0 Å². The molecule has 0 saturated heterocycles. The fourth-order valence-electron chi connectivity index (χ4n) is 1.31. The fraction of sp³-hybridized carbons (Fsp3) is 0.455. The van der Waals surface area contributed by atoms with Gasteiger partial charge in [0.25, 0.3) is 0 Å². The highest BCUT2D eigenvalue weighted by Crippen LogP contribution is 2.26. The number of unbranched alkanes of at least 4 members (excludes halogenated alkanes) is 1. The van der Waals surface area contributed by atoms with Crippen LogP contribution in [0.4, 0.5) is 0 Å². The van der Waals surface area contributed by atoms with E-state index in [2.05, 4.69) is 0 Å². The van der Waals surface area contributed by atoms with Gasteiger partial charge in [-0.25, -0.2) is 4.79 Å². The van der Waals surface area contributed by atoms with E-state index in [1.54, 1.807) is 12.2 Å². The van der Waals surface area contributed by atoms with E-state index in [1.165, 1.54) is 11.8 Å². The SMILES string of the molecule is O=C(O)/C=C/CCCSC1=CC(O)CC1=O. The van der Waals surface area contributed by atoms with Crippen LogP contribution in [0.25, 0.3) is 0 Å². The van der Waals surface area contributed by atoms with Gasteiger partial charge in [0.2, 0.25) is 0 Å². The summed E-state index contributed by atoms with van der Waals surface area (Å²) in [4.78, 5) is 22.0. The lowest BCUT2D eigenvalue weighted by Gasteiger charge is -1.98. The Hall–Kier alpha value is -1.07. The third-order valence-corrected chi connectivity index (χ3v) is 3.21. The number of carbonyl (C=O) groups is 2. The largest absolute Gasteiger partial charge is 0.478 e. The maximum absolute atomic E-state index is 11.3. The Morgan fingerprint density at radius 3 is 2.94 bits per heavy atom. The molecule has 4 nitrogen and oxygen atoms in total. The number of carboxylic acids is 1. The third-order valence-electron chi connectivity index (χ3n) is 2.05. The van der Waals surface area contributed by atoms with Crippen molar-refractivity contribution in [1.29, 1.82) is 0 Å². The molecule has 1 aliphatic rings. The second-order valence-corrected chi connectivity index (χ2v) is 4.59. The molecular weight excluding hydrogens is 228 g/mol. The van der Waals surface area contributed by atoms with Crippen LogP contribution in [0.2, 0.25) is 0 Å². The minimum Gasteiger partial charge on any atom is -0.478 e. The monoisotopic (exact) mass is 242 g/mol. The fourth-order valence-corrected chi connectivity index (χ4v) is 2.34. The first kappa shape index (κ1) is 13.0. The van der Waals surface area contributed by atoms with Gasteiger partial charge in [-0.05, 0) is 24.7 Å². The summed E-state index contributed by atoms with van der Waals surface area (Å²) in [6.07, 6.45) is 5.37. The number of Topliss-reactive ketones (excluding diaryl/α,β-unsaturated/α-hetero) is 1. The van der Waals surface area contributed by atoms with Crippen molar-refractivity contribution in [3.63, 3.8) is 0 Å². The Labute approximate surface area is 98.0 Å². The van der Waals surface area contributed by atoms with E-state index in [-0.39, 0.29) is 12.2 Å². The normalized spacial score (nSPS) is 20.4. The summed E-state index contributed by atoms with van der Waals surface area (Å²) < 4.78 is 0. The van der Waals surface area contributed by atoms with Crippen LogP contribution >= 0.6 is 11.8 Å². The lowest BCUT2D eigenvalue weighted by molar-refractivity contribution is -0.131. The molecule has 1 aliphatic carbocycles. The molecule has 1 unspecified atom stereocenters. The second kappa shape index (κ2) is 6.50. The maximum Gasteiger partial charge on any atom is 0.327 e. The molecule has 0 saturated carbocycles. The molecule has 0 bridgehead atoms. The van der Waals surface area contributed by atoms with Gasteiger partial charge in [-0.15, -0.1) is 11.8 Å². The van der Waals surface area contributed by atoms with Gasteiger partial charge in [0.1, 0.15) is 0 Å². The number of aliphatic hydroxyl groups is 1. The summed E-state index contributed by atoms with van der Waals surface area (Å²) in [5.41, 5.74) is 0. The molecule has 0 aliphatic heterocycles. The van der Waals surface area contributed by atoms with Crippen molar-refractivity contribution in [3.8, 4) is 0 Å². The number of rotatable bonds is 6. The molecule has 0 aromatic carbocycles. The molecule has 0 amide bonds.